The number of amides is 2. The molecule has 0 aliphatic heterocycles. The van der Waals surface area contributed by atoms with Crippen LogP contribution in [0.1, 0.15) is 41.0 Å². The van der Waals surface area contributed by atoms with Crippen molar-refractivity contribution in [3.05, 3.63) is 59.7 Å². The van der Waals surface area contributed by atoms with Crippen molar-refractivity contribution in [3.8, 4) is 5.75 Å². The highest BCUT2D eigenvalue weighted by Crippen LogP contribution is 2.18. The minimum Gasteiger partial charge on any atom is -0.491 e. The van der Waals surface area contributed by atoms with Crippen LogP contribution in [0.3, 0.4) is 0 Å². The lowest BCUT2D eigenvalue weighted by molar-refractivity contribution is 0.0940. The van der Waals surface area contributed by atoms with Gasteiger partial charge in [0.15, 0.2) is 0 Å². The summed E-state index contributed by atoms with van der Waals surface area (Å²) in [6.07, 6.45) is 0.832. The number of hydrogen-bond acceptors (Lipinski definition) is 4. The lowest BCUT2D eigenvalue weighted by Crippen LogP contribution is -2.32. The van der Waals surface area contributed by atoms with Crippen LogP contribution >= 0.6 is 0 Å². The predicted octanol–water partition coefficient (Wildman–Crippen LogP) is 3.49. The first-order chi connectivity index (χ1) is 13.0. The Hall–Kier alpha value is -2.86. The molecule has 2 aromatic rings. The van der Waals surface area contributed by atoms with Gasteiger partial charge in [0.05, 0.1) is 17.9 Å². The van der Waals surface area contributed by atoms with Crippen molar-refractivity contribution in [2.24, 2.45) is 0 Å². The number of para-hydroxylation sites is 1. The first-order valence-electron chi connectivity index (χ1n) is 8.98. The number of carbonyl (C=O) groups excluding carboxylic acids is 2. The Balaban J connectivity index is 2.06. The van der Waals surface area contributed by atoms with Gasteiger partial charge in [-0.05, 0) is 49.7 Å². The molecule has 0 aliphatic rings. The highest BCUT2D eigenvalue weighted by Gasteiger charge is 2.15. The summed E-state index contributed by atoms with van der Waals surface area (Å²) in [4.78, 5) is 25.0. The molecule has 0 bridgehead atoms. The monoisotopic (exact) mass is 370 g/mol. The third kappa shape index (κ3) is 6.11. The molecule has 6 heteroatoms. The van der Waals surface area contributed by atoms with Gasteiger partial charge < -0.3 is 20.1 Å². The highest BCUT2D eigenvalue weighted by molar-refractivity contribution is 6.09. The summed E-state index contributed by atoms with van der Waals surface area (Å²) in [6, 6.07) is 13.8. The van der Waals surface area contributed by atoms with Crippen molar-refractivity contribution >= 4 is 17.5 Å². The van der Waals surface area contributed by atoms with Crippen LogP contribution in [0.4, 0.5) is 5.69 Å². The van der Waals surface area contributed by atoms with E-state index >= 15 is 0 Å². The molecule has 0 radical (unpaired) electrons. The number of nitrogens with one attached hydrogen (secondary N) is 2. The minimum absolute atomic E-state index is 0.0620. The van der Waals surface area contributed by atoms with E-state index in [9.17, 15) is 9.59 Å². The number of anilines is 1. The van der Waals surface area contributed by atoms with E-state index in [2.05, 4.69) is 10.6 Å². The first-order valence-corrected chi connectivity index (χ1v) is 8.98. The Labute approximate surface area is 159 Å². The maximum Gasteiger partial charge on any atom is 0.255 e. The summed E-state index contributed by atoms with van der Waals surface area (Å²) in [7, 11) is 1.61. The molecule has 0 saturated carbocycles. The van der Waals surface area contributed by atoms with Gasteiger partial charge in [-0.25, -0.2) is 0 Å². The van der Waals surface area contributed by atoms with E-state index in [1.165, 1.54) is 0 Å². The fraction of sp³-hybridized carbons (Fsp3) is 0.333. The SMILES string of the molecule is CCC(C)NC(=O)c1ccccc1NC(=O)c1ccc(OCCOC)cc1. The Kier molecular flexibility index (Phi) is 7.82. The van der Waals surface area contributed by atoms with E-state index in [0.717, 1.165) is 6.42 Å². The zero-order valence-electron chi connectivity index (χ0n) is 16.0. The van der Waals surface area contributed by atoms with Crippen LogP contribution < -0.4 is 15.4 Å². The van der Waals surface area contributed by atoms with Gasteiger partial charge in [-0.15, -0.1) is 0 Å². The topological polar surface area (TPSA) is 76.7 Å². The quantitative estimate of drug-likeness (QED) is 0.663. The van der Waals surface area contributed by atoms with Gasteiger partial charge in [0, 0.05) is 18.7 Å². The molecule has 1 unspecified atom stereocenters. The van der Waals surface area contributed by atoms with Crippen molar-refractivity contribution in [1.82, 2.24) is 5.32 Å². The van der Waals surface area contributed by atoms with E-state index in [0.29, 0.717) is 35.8 Å². The maximum absolute atomic E-state index is 12.5. The number of carbonyl (C=O) groups is 2. The molecule has 2 amide bonds. The van der Waals surface area contributed by atoms with Gasteiger partial charge in [0.1, 0.15) is 12.4 Å². The molecule has 0 heterocycles. The number of methoxy groups -OCH3 is 1. The van der Waals surface area contributed by atoms with E-state index in [1.807, 2.05) is 13.8 Å². The average molecular weight is 370 g/mol. The molecule has 1 atom stereocenters. The Morgan fingerprint density at radius 2 is 1.70 bits per heavy atom. The smallest absolute Gasteiger partial charge is 0.255 e. The number of benzene rings is 2. The van der Waals surface area contributed by atoms with Gasteiger partial charge in [-0.1, -0.05) is 19.1 Å². The molecule has 0 saturated heterocycles. The maximum atomic E-state index is 12.5. The third-order valence-corrected chi connectivity index (χ3v) is 4.08. The van der Waals surface area contributed by atoms with Crippen LogP contribution in [0.15, 0.2) is 48.5 Å². The van der Waals surface area contributed by atoms with Gasteiger partial charge in [0.25, 0.3) is 11.8 Å². The van der Waals surface area contributed by atoms with Crippen molar-refractivity contribution in [1.29, 1.82) is 0 Å². The number of ether oxygens (including phenoxy) is 2. The molecule has 0 spiro atoms. The van der Waals surface area contributed by atoms with Gasteiger partial charge in [-0.2, -0.15) is 0 Å². The lowest BCUT2D eigenvalue weighted by Gasteiger charge is -2.14. The average Bonchev–Trinajstić information content (AvgIpc) is 2.69. The molecule has 0 aromatic heterocycles. The van der Waals surface area contributed by atoms with Crippen LogP contribution in [0, 0.1) is 0 Å². The second kappa shape index (κ2) is 10.3. The first kappa shape index (κ1) is 20.5. The lowest BCUT2D eigenvalue weighted by atomic mass is 10.1. The van der Waals surface area contributed by atoms with Crippen molar-refractivity contribution in [2.75, 3.05) is 25.6 Å². The van der Waals surface area contributed by atoms with Crippen molar-refractivity contribution in [2.45, 2.75) is 26.3 Å². The molecule has 144 valence electrons. The largest absolute Gasteiger partial charge is 0.491 e. The normalized spacial score (nSPS) is 11.5. The van der Waals surface area contributed by atoms with E-state index < -0.39 is 0 Å². The van der Waals surface area contributed by atoms with Crippen LogP contribution in [-0.4, -0.2) is 38.2 Å². The summed E-state index contributed by atoms with van der Waals surface area (Å²) in [5.41, 5.74) is 1.39. The number of rotatable bonds is 9. The molecule has 6 nitrogen and oxygen atoms in total. The Morgan fingerprint density at radius 1 is 1.00 bits per heavy atom. The van der Waals surface area contributed by atoms with Crippen LogP contribution in [0.5, 0.6) is 5.75 Å². The molecule has 27 heavy (non-hydrogen) atoms. The fourth-order valence-corrected chi connectivity index (χ4v) is 2.33. The molecule has 2 N–H and O–H groups in total. The standard InChI is InChI=1S/C21H26N2O4/c1-4-15(2)22-21(25)18-7-5-6-8-19(18)23-20(24)16-9-11-17(12-10-16)27-14-13-26-3/h5-12,15H,4,13-14H2,1-3H3,(H,22,25)(H,23,24). The summed E-state index contributed by atoms with van der Waals surface area (Å²) in [6.45, 7) is 4.88. The van der Waals surface area contributed by atoms with Gasteiger partial charge in [-0.3, -0.25) is 9.59 Å². The second-order valence-corrected chi connectivity index (χ2v) is 6.15. The molecule has 0 aliphatic carbocycles. The molecular formula is C21H26N2O4. The predicted molar refractivity (Wildman–Crippen MR) is 105 cm³/mol. The van der Waals surface area contributed by atoms with Crippen LogP contribution in [0.25, 0.3) is 0 Å². The summed E-state index contributed by atoms with van der Waals surface area (Å²) >= 11 is 0. The van der Waals surface area contributed by atoms with E-state index in [4.69, 9.17) is 9.47 Å². The number of hydrogen-bond donors (Lipinski definition) is 2. The van der Waals surface area contributed by atoms with E-state index in [-0.39, 0.29) is 17.9 Å². The molecular weight excluding hydrogens is 344 g/mol. The van der Waals surface area contributed by atoms with Crippen molar-refractivity contribution < 1.29 is 19.1 Å². The van der Waals surface area contributed by atoms with Crippen LogP contribution in [0.2, 0.25) is 0 Å². The minimum atomic E-state index is -0.290. The van der Waals surface area contributed by atoms with Gasteiger partial charge >= 0.3 is 0 Å². The van der Waals surface area contributed by atoms with Gasteiger partial charge in [0.2, 0.25) is 0 Å². The summed E-state index contributed by atoms with van der Waals surface area (Å²) < 4.78 is 10.4. The second-order valence-electron chi connectivity index (χ2n) is 6.15. The van der Waals surface area contributed by atoms with Crippen LogP contribution in [-0.2, 0) is 4.74 Å². The summed E-state index contributed by atoms with van der Waals surface area (Å²) in [5.74, 6) is 0.168. The summed E-state index contributed by atoms with van der Waals surface area (Å²) in [5, 5.41) is 5.72. The zero-order valence-corrected chi connectivity index (χ0v) is 16.0. The third-order valence-electron chi connectivity index (χ3n) is 4.08. The van der Waals surface area contributed by atoms with Crippen molar-refractivity contribution in [3.63, 3.8) is 0 Å². The Morgan fingerprint density at radius 3 is 2.37 bits per heavy atom. The fourth-order valence-electron chi connectivity index (χ4n) is 2.33. The highest BCUT2D eigenvalue weighted by atomic mass is 16.5. The molecule has 2 aromatic carbocycles. The molecule has 2 rings (SSSR count). The van der Waals surface area contributed by atoms with E-state index in [1.54, 1.807) is 55.6 Å². The Bertz CT molecular complexity index is 759. The molecule has 0 fully saturated rings. The zero-order chi connectivity index (χ0) is 19.6.